The van der Waals surface area contributed by atoms with Crippen LogP contribution in [-0.2, 0) is 9.53 Å². The summed E-state index contributed by atoms with van der Waals surface area (Å²) in [6.45, 7) is 0.00000142. The van der Waals surface area contributed by atoms with E-state index < -0.39 is 0 Å². The molecular formula is C9H9N3O2. The Morgan fingerprint density at radius 1 is 1.71 bits per heavy atom. The maximum absolute atomic E-state index is 11.0. The summed E-state index contributed by atoms with van der Waals surface area (Å²) in [7, 11) is 1.44. The van der Waals surface area contributed by atoms with Gasteiger partial charge in [-0.1, -0.05) is 0 Å². The van der Waals surface area contributed by atoms with Gasteiger partial charge in [0, 0.05) is 7.11 Å². The van der Waals surface area contributed by atoms with E-state index in [1.54, 1.807) is 6.07 Å². The summed E-state index contributed by atoms with van der Waals surface area (Å²) in [5.74, 6) is -0.251. The fourth-order valence-electron chi connectivity index (χ4n) is 0.862. The van der Waals surface area contributed by atoms with E-state index in [9.17, 15) is 4.79 Å². The van der Waals surface area contributed by atoms with Crippen LogP contribution in [0.2, 0.25) is 0 Å². The predicted octanol–water partition coefficient (Wildman–Crippen LogP) is 0.538. The molecule has 72 valence electrons. The molecule has 0 aliphatic carbocycles. The van der Waals surface area contributed by atoms with Crippen LogP contribution in [0.1, 0.15) is 5.69 Å². The summed E-state index contributed by atoms with van der Waals surface area (Å²) >= 11 is 0. The Bertz CT molecular complexity index is 353. The Morgan fingerprint density at radius 2 is 2.50 bits per heavy atom. The third-order valence-corrected chi connectivity index (χ3v) is 1.44. The van der Waals surface area contributed by atoms with Crippen molar-refractivity contribution in [3.63, 3.8) is 0 Å². The van der Waals surface area contributed by atoms with Gasteiger partial charge in [0.05, 0.1) is 11.9 Å². The van der Waals surface area contributed by atoms with Crippen molar-refractivity contribution in [1.82, 2.24) is 4.98 Å². The molecule has 0 unspecified atom stereocenters. The van der Waals surface area contributed by atoms with Gasteiger partial charge >= 0.3 is 0 Å². The minimum Gasteiger partial charge on any atom is -0.375 e. The number of rotatable bonds is 3. The zero-order chi connectivity index (χ0) is 10.4. The number of methoxy groups -OCH3 is 1. The highest BCUT2D eigenvalue weighted by Crippen LogP contribution is 2.04. The monoisotopic (exact) mass is 191 g/mol. The van der Waals surface area contributed by atoms with E-state index in [1.165, 1.54) is 19.4 Å². The van der Waals surface area contributed by atoms with Gasteiger partial charge in [-0.05, 0) is 12.1 Å². The van der Waals surface area contributed by atoms with Gasteiger partial charge in [0.1, 0.15) is 18.4 Å². The maximum Gasteiger partial charge on any atom is 0.250 e. The lowest BCUT2D eigenvalue weighted by atomic mass is 10.3. The molecule has 0 spiro atoms. The second kappa shape index (κ2) is 4.94. The number of carbonyl (C=O) groups excluding carboxylic acids is 1. The number of carbonyl (C=O) groups is 1. The van der Waals surface area contributed by atoms with E-state index in [-0.39, 0.29) is 12.5 Å². The van der Waals surface area contributed by atoms with Crippen molar-refractivity contribution in [1.29, 1.82) is 5.26 Å². The van der Waals surface area contributed by atoms with Gasteiger partial charge < -0.3 is 10.1 Å². The number of hydrogen-bond acceptors (Lipinski definition) is 4. The first-order chi connectivity index (χ1) is 6.76. The number of anilines is 1. The molecule has 1 rings (SSSR count). The van der Waals surface area contributed by atoms with Crippen LogP contribution < -0.4 is 5.32 Å². The molecule has 1 amide bonds. The van der Waals surface area contributed by atoms with E-state index in [0.29, 0.717) is 11.4 Å². The van der Waals surface area contributed by atoms with E-state index >= 15 is 0 Å². The second-order valence-corrected chi connectivity index (χ2v) is 2.53. The molecule has 0 aliphatic rings. The average Bonchev–Trinajstić information content (AvgIpc) is 2.19. The van der Waals surface area contributed by atoms with Gasteiger partial charge in [-0.15, -0.1) is 0 Å². The molecule has 0 fully saturated rings. The minimum absolute atomic E-state index is 0.00000142. The van der Waals surface area contributed by atoms with Gasteiger partial charge in [-0.25, -0.2) is 4.98 Å². The zero-order valence-corrected chi connectivity index (χ0v) is 7.65. The fourth-order valence-corrected chi connectivity index (χ4v) is 0.862. The molecule has 0 saturated heterocycles. The Labute approximate surface area is 81.3 Å². The van der Waals surface area contributed by atoms with Crippen molar-refractivity contribution < 1.29 is 9.53 Å². The summed E-state index contributed by atoms with van der Waals surface area (Å²) in [6, 6.07) is 5.02. The smallest absolute Gasteiger partial charge is 0.250 e. The van der Waals surface area contributed by atoms with Crippen LogP contribution >= 0.6 is 0 Å². The number of hydrogen-bond donors (Lipinski definition) is 1. The van der Waals surface area contributed by atoms with Crippen molar-refractivity contribution in [2.24, 2.45) is 0 Å². The van der Waals surface area contributed by atoms with E-state index in [1.807, 2.05) is 6.07 Å². The average molecular weight is 191 g/mol. The molecule has 0 aliphatic heterocycles. The summed E-state index contributed by atoms with van der Waals surface area (Å²) in [6.07, 6.45) is 1.42. The molecule has 5 heteroatoms. The molecule has 14 heavy (non-hydrogen) atoms. The summed E-state index contributed by atoms with van der Waals surface area (Å²) in [5.41, 5.74) is 0.862. The third-order valence-electron chi connectivity index (χ3n) is 1.44. The molecule has 1 aromatic heterocycles. The lowest BCUT2D eigenvalue weighted by Crippen LogP contribution is -2.17. The lowest BCUT2D eigenvalue weighted by molar-refractivity contribution is -0.119. The van der Waals surface area contributed by atoms with Crippen LogP contribution in [0.3, 0.4) is 0 Å². The first-order valence-electron chi connectivity index (χ1n) is 3.91. The summed E-state index contributed by atoms with van der Waals surface area (Å²) in [4.78, 5) is 14.8. The van der Waals surface area contributed by atoms with Gasteiger partial charge in [0.15, 0.2) is 0 Å². The van der Waals surface area contributed by atoms with Crippen LogP contribution in [-0.4, -0.2) is 24.6 Å². The first-order valence-corrected chi connectivity index (χ1v) is 3.91. The second-order valence-electron chi connectivity index (χ2n) is 2.53. The Morgan fingerprint density at radius 3 is 3.00 bits per heavy atom. The van der Waals surface area contributed by atoms with Crippen molar-refractivity contribution in [2.45, 2.75) is 0 Å². The maximum atomic E-state index is 11.0. The van der Waals surface area contributed by atoms with E-state index in [4.69, 9.17) is 5.26 Å². The Balaban J connectivity index is 2.61. The molecule has 0 bridgehead atoms. The van der Waals surface area contributed by atoms with Gasteiger partial charge in [-0.2, -0.15) is 5.26 Å². The molecule has 0 atom stereocenters. The predicted molar refractivity (Wildman–Crippen MR) is 49.5 cm³/mol. The normalized spacial score (nSPS) is 9.14. The third kappa shape index (κ3) is 2.84. The standard InChI is InChI=1S/C9H9N3O2/c1-14-6-9(13)12-8-3-2-7(4-10)11-5-8/h2-3,5H,6H2,1H3,(H,12,13). The number of aromatic nitrogens is 1. The van der Waals surface area contributed by atoms with Gasteiger partial charge in [-0.3, -0.25) is 4.79 Å². The highest BCUT2D eigenvalue weighted by Gasteiger charge is 2.01. The number of pyridine rings is 1. The zero-order valence-electron chi connectivity index (χ0n) is 7.65. The fraction of sp³-hybridized carbons (Fsp3) is 0.222. The van der Waals surface area contributed by atoms with E-state index in [0.717, 1.165) is 0 Å². The topological polar surface area (TPSA) is 75.0 Å². The molecule has 1 N–H and O–H groups in total. The molecule has 5 nitrogen and oxygen atoms in total. The van der Waals surface area contributed by atoms with Crippen molar-refractivity contribution >= 4 is 11.6 Å². The van der Waals surface area contributed by atoms with Crippen LogP contribution in [0.25, 0.3) is 0 Å². The first kappa shape index (κ1) is 10.2. The number of nitriles is 1. The SMILES string of the molecule is COCC(=O)Nc1ccc(C#N)nc1. The lowest BCUT2D eigenvalue weighted by Gasteiger charge is -2.02. The molecule has 0 aromatic carbocycles. The minimum atomic E-state index is -0.251. The molecule has 1 heterocycles. The van der Waals surface area contributed by atoms with Crippen LogP contribution in [0.5, 0.6) is 0 Å². The van der Waals surface area contributed by atoms with E-state index in [2.05, 4.69) is 15.0 Å². The van der Waals surface area contributed by atoms with Crippen molar-refractivity contribution in [3.8, 4) is 6.07 Å². The number of ether oxygens (including phenoxy) is 1. The molecule has 1 aromatic rings. The highest BCUT2D eigenvalue weighted by molar-refractivity contribution is 5.91. The largest absolute Gasteiger partial charge is 0.375 e. The highest BCUT2D eigenvalue weighted by atomic mass is 16.5. The van der Waals surface area contributed by atoms with Gasteiger partial charge in [0.2, 0.25) is 5.91 Å². The Kier molecular flexibility index (Phi) is 3.58. The number of nitrogens with one attached hydrogen (secondary N) is 1. The molecular weight excluding hydrogens is 182 g/mol. The summed E-state index contributed by atoms with van der Waals surface area (Å²) < 4.78 is 4.64. The van der Waals surface area contributed by atoms with Crippen LogP contribution in [0.15, 0.2) is 18.3 Å². The molecule has 0 saturated carbocycles. The quantitative estimate of drug-likeness (QED) is 0.756. The molecule has 0 radical (unpaired) electrons. The van der Waals surface area contributed by atoms with Gasteiger partial charge in [0.25, 0.3) is 0 Å². The van der Waals surface area contributed by atoms with Crippen molar-refractivity contribution in [3.05, 3.63) is 24.0 Å². The summed E-state index contributed by atoms with van der Waals surface area (Å²) in [5, 5.41) is 11.0. The number of nitrogens with zero attached hydrogens (tertiary/aromatic N) is 2. The van der Waals surface area contributed by atoms with Crippen molar-refractivity contribution in [2.75, 3.05) is 19.0 Å². The number of amides is 1. The van der Waals surface area contributed by atoms with Crippen LogP contribution in [0.4, 0.5) is 5.69 Å². The van der Waals surface area contributed by atoms with Crippen LogP contribution in [0, 0.1) is 11.3 Å². The Hall–Kier alpha value is -1.93.